The highest BCUT2D eigenvalue weighted by Gasteiger charge is 2.24. The van der Waals surface area contributed by atoms with Gasteiger partial charge in [-0.3, -0.25) is 0 Å². The maximum Gasteiger partial charge on any atom is 0.321 e. The van der Waals surface area contributed by atoms with Gasteiger partial charge in [-0.25, -0.2) is 14.8 Å². The average Bonchev–Trinajstić information content (AvgIpc) is 2.79. The first kappa shape index (κ1) is 22.4. The molecule has 32 heavy (non-hydrogen) atoms. The molecule has 0 bridgehead atoms. The smallest absolute Gasteiger partial charge is 0.321 e. The summed E-state index contributed by atoms with van der Waals surface area (Å²) in [4.78, 5) is 28.7. The molecule has 1 aromatic carbocycles. The molecular weight excluding hydrogens is 400 g/mol. The van der Waals surface area contributed by atoms with Crippen LogP contribution < -0.4 is 15.1 Å². The fraction of sp³-hybridized carbons (Fsp3) is 0.560. The number of nitrogens with zero attached hydrogens (tertiary/aromatic N) is 5. The molecule has 4 rings (SSSR count). The van der Waals surface area contributed by atoms with Crippen molar-refractivity contribution < 1.29 is 4.79 Å². The molecule has 0 saturated carbocycles. The summed E-state index contributed by atoms with van der Waals surface area (Å²) in [6.07, 6.45) is 3.76. The molecule has 2 amide bonds. The average molecular weight is 437 g/mol. The van der Waals surface area contributed by atoms with Gasteiger partial charge in [0.15, 0.2) is 0 Å². The number of carbonyl (C=O) groups excluding carboxylic acids is 1. The van der Waals surface area contributed by atoms with Gasteiger partial charge in [0.2, 0.25) is 0 Å². The molecule has 3 heterocycles. The number of piperidine rings is 1. The van der Waals surface area contributed by atoms with E-state index < -0.39 is 0 Å². The molecule has 7 heteroatoms. The monoisotopic (exact) mass is 436 g/mol. The number of nitrogens with one attached hydrogen (secondary N) is 1. The fourth-order valence-electron chi connectivity index (χ4n) is 4.38. The molecule has 0 atom stereocenters. The Bertz CT molecular complexity index is 922. The number of aromatic nitrogens is 2. The Morgan fingerprint density at radius 3 is 1.97 bits per heavy atom. The van der Waals surface area contributed by atoms with E-state index in [2.05, 4.69) is 64.1 Å². The molecule has 7 nitrogen and oxygen atoms in total. The van der Waals surface area contributed by atoms with Crippen LogP contribution in [0.4, 0.5) is 22.1 Å². The molecular formula is C25H36N6O. The van der Waals surface area contributed by atoms with Gasteiger partial charge in [-0.15, -0.1) is 0 Å². The second-order valence-electron chi connectivity index (χ2n) is 9.91. The summed E-state index contributed by atoms with van der Waals surface area (Å²) >= 11 is 0. The molecule has 1 aromatic heterocycles. The summed E-state index contributed by atoms with van der Waals surface area (Å²) in [6.45, 7) is 13.6. The molecule has 0 radical (unpaired) electrons. The summed E-state index contributed by atoms with van der Waals surface area (Å²) in [5, 5.41) is 3.04. The van der Waals surface area contributed by atoms with Gasteiger partial charge in [-0.05, 0) is 49.3 Å². The van der Waals surface area contributed by atoms with E-state index in [4.69, 9.17) is 0 Å². The topological polar surface area (TPSA) is 64.6 Å². The molecule has 2 aliphatic rings. The number of benzene rings is 1. The number of urea groups is 1. The van der Waals surface area contributed by atoms with Crippen LogP contribution in [0, 0.1) is 6.92 Å². The van der Waals surface area contributed by atoms with Gasteiger partial charge in [0, 0.05) is 51.0 Å². The Morgan fingerprint density at radius 2 is 1.41 bits per heavy atom. The number of piperazine rings is 1. The molecule has 2 saturated heterocycles. The maximum absolute atomic E-state index is 12.8. The van der Waals surface area contributed by atoms with Crippen molar-refractivity contribution in [2.45, 2.75) is 52.4 Å². The molecule has 0 spiro atoms. The van der Waals surface area contributed by atoms with Crippen molar-refractivity contribution in [3.8, 4) is 0 Å². The van der Waals surface area contributed by atoms with Gasteiger partial charge in [0.1, 0.15) is 17.5 Å². The van der Waals surface area contributed by atoms with E-state index in [1.165, 1.54) is 24.8 Å². The first-order valence-electron chi connectivity index (χ1n) is 11.8. The minimum absolute atomic E-state index is 0.0407. The SMILES string of the molecule is Cc1nc(N2CCCCC2)cc(N2CCN(C(=O)Nc3ccc(C(C)(C)C)cc3)CC2)n1. The summed E-state index contributed by atoms with van der Waals surface area (Å²) in [6, 6.07) is 10.2. The van der Waals surface area contributed by atoms with Crippen LogP contribution in [0.5, 0.6) is 0 Å². The van der Waals surface area contributed by atoms with E-state index in [1.54, 1.807) is 0 Å². The summed E-state index contributed by atoms with van der Waals surface area (Å²) in [7, 11) is 0. The van der Waals surface area contributed by atoms with Gasteiger partial charge in [0.05, 0.1) is 0 Å². The molecule has 2 aromatic rings. The molecule has 2 aliphatic heterocycles. The van der Waals surface area contributed by atoms with E-state index in [1.807, 2.05) is 24.0 Å². The van der Waals surface area contributed by atoms with Crippen LogP contribution in [0.3, 0.4) is 0 Å². The lowest BCUT2D eigenvalue weighted by molar-refractivity contribution is 0.208. The standard InChI is InChI=1S/C25H36N6O/c1-19-26-22(29-12-6-5-7-13-29)18-23(27-19)30-14-16-31(17-15-30)24(32)28-21-10-8-20(9-11-21)25(2,3)4/h8-11,18H,5-7,12-17H2,1-4H3,(H,28,32). The quantitative estimate of drug-likeness (QED) is 0.771. The van der Waals surface area contributed by atoms with Crippen LogP contribution in [0.15, 0.2) is 30.3 Å². The predicted octanol–water partition coefficient (Wildman–Crippen LogP) is 4.43. The van der Waals surface area contributed by atoms with E-state index in [9.17, 15) is 4.79 Å². The summed E-state index contributed by atoms with van der Waals surface area (Å²) < 4.78 is 0. The van der Waals surface area contributed by atoms with Gasteiger partial charge < -0.3 is 20.0 Å². The van der Waals surface area contributed by atoms with Crippen molar-refractivity contribution in [2.24, 2.45) is 0 Å². The zero-order valence-corrected chi connectivity index (χ0v) is 19.9. The highest BCUT2D eigenvalue weighted by molar-refractivity contribution is 5.89. The van der Waals surface area contributed by atoms with Crippen molar-refractivity contribution in [1.82, 2.24) is 14.9 Å². The Kier molecular flexibility index (Phi) is 6.53. The number of carbonyl (C=O) groups is 1. The number of rotatable bonds is 3. The second-order valence-corrected chi connectivity index (χ2v) is 9.91. The molecule has 0 aliphatic carbocycles. The van der Waals surface area contributed by atoms with Gasteiger partial charge in [0.25, 0.3) is 0 Å². The zero-order valence-electron chi connectivity index (χ0n) is 19.9. The fourth-order valence-corrected chi connectivity index (χ4v) is 4.38. The van der Waals surface area contributed by atoms with Gasteiger partial charge in [-0.1, -0.05) is 32.9 Å². The number of aryl methyl sites for hydroxylation is 1. The van der Waals surface area contributed by atoms with Crippen LogP contribution in [0.2, 0.25) is 0 Å². The summed E-state index contributed by atoms with van der Waals surface area (Å²) in [5.41, 5.74) is 2.20. The van der Waals surface area contributed by atoms with E-state index in [0.29, 0.717) is 13.1 Å². The van der Waals surface area contributed by atoms with Crippen molar-refractivity contribution >= 4 is 23.4 Å². The van der Waals surface area contributed by atoms with E-state index in [0.717, 1.165) is 49.3 Å². The maximum atomic E-state index is 12.8. The zero-order chi connectivity index (χ0) is 22.7. The Balaban J connectivity index is 1.34. The summed E-state index contributed by atoms with van der Waals surface area (Å²) in [5.74, 6) is 2.81. The lowest BCUT2D eigenvalue weighted by Crippen LogP contribution is -2.50. The Morgan fingerprint density at radius 1 is 0.844 bits per heavy atom. The van der Waals surface area contributed by atoms with Crippen LogP contribution in [-0.4, -0.2) is 60.2 Å². The number of amides is 2. The van der Waals surface area contributed by atoms with Gasteiger partial charge in [-0.2, -0.15) is 0 Å². The van der Waals surface area contributed by atoms with Crippen molar-refractivity contribution in [1.29, 1.82) is 0 Å². The Hall–Kier alpha value is -2.83. The van der Waals surface area contributed by atoms with Crippen LogP contribution in [0.1, 0.15) is 51.4 Å². The minimum Gasteiger partial charge on any atom is -0.356 e. The molecule has 1 N–H and O–H groups in total. The highest BCUT2D eigenvalue weighted by Crippen LogP contribution is 2.25. The van der Waals surface area contributed by atoms with Crippen molar-refractivity contribution in [3.63, 3.8) is 0 Å². The molecule has 2 fully saturated rings. The molecule has 0 unspecified atom stereocenters. The largest absolute Gasteiger partial charge is 0.356 e. The van der Waals surface area contributed by atoms with Crippen molar-refractivity contribution in [3.05, 3.63) is 41.7 Å². The molecule has 172 valence electrons. The number of hydrogen-bond acceptors (Lipinski definition) is 5. The Labute approximate surface area is 191 Å². The number of hydrogen-bond donors (Lipinski definition) is 1. The van der Waals surface area contributed by atoms with Crippen LogP contribution in [-0.2, 0) is 5.41 Å². The number of anilines is 3. The van der Waals surface area contributed by atoms with E-state index in [-0.39, 0.29) is 11.4 Å². The predicted molar refractivity (Wildman–Crippen MR) is 131 cm³/mol. The lowest BCUT2D eigenvalue weighted by atomic mass is 9.87. The first-order chi connectivity index (χ1) is 15.3. The van der Waals surface area contributed by atoms with Gasteiger partial charge >= 0.3 is 6.03 Å². The second kappa shape index (κ2) is 9.35. The highest BCUT2D eigenvalue weighted by atomic mass is 16.2. The van der Waals surface area contributed by atoms with Crippen LogP contribution in [0.25, 0.3) is 0 Å². The van der Waals surface area contributed by atoms with Crippen molar-refractivity contribution in [2.75, 3.05) is 54.4 Å². The third kappa shape index (κ3) is 5.31. The van der Waals surface area contributed by atoms with E-state index >= 15 is 0 Å². The van der Waals surface area contributed by atoms with Crippen LogP contribution >= 0.6 is 0 Å². The lowest BCUT2D eigenvalue weighted by Gasteiger charge is -2.36. The third-order valence-corrected chi connectivity index (χ3v) is 6.38. The minimum atomic E-state index is -0.0407. The third-order valence-electron chi connectivity index (χ3n) is 6.38. The first-order valence-corrected chi connectivity index (χ1v) is 11.8. The normalized spacial score (nSPS) is 17.4.